The van der Waals surface area contributed by atoms with Gasteiger partial charge in [0.1, 0.15) is 23.3 Å². The summed E-state index contributed by atoms with van der Waals surface area (Å²) in [5.41, 5.74) is 6.93. The molecule has 0 aliphatic rings. The molecule has 0 atom stereocenters. The lowest BCUT2D eigenvalue weighted by Crippen LogP contribution is -2.14. The number of anilines is 2. The van der Waals surface area contributed by atoms with E-state index in [4.69, 9.17) is 17.5 Å². The quantitative estimate of drug-likeness (QED) is 0.100. The number of benzene rings is 2. The number of rotatable bonds is 7. The standard InChI is InChI=1S/C12H12FN5O.C12H9FN4/c13-10-5-8(12(14)18-19)1-2-9(10)6-17-11-7-15-3-4-16-11;1-14-10-3-2-9(11(13)6-10)7-17-12-8-15-4-5-16-12/h1-5,7,19H,6H2,(H2,14,18)(H,16,17);2-6,8H,7H2,(H,16,17). The van der Waals surface area contributed by atoms with Crippen LogP contribution in [0.25, 0.3) is 4.85 Å². The highest BCUT2D eigenvalue weighted by Crippen LogP contribution is 2.18. The molecule has 0 saturated carbocycles. The Morgan fingerprint density at radius 3 is 1.89 bits per heavy atom. The SMILES string of the molecule is NC(=NO)c1ccc(CNc2cnccn2)c(F)c1.[C-]#[N+]c1ccc(CNc2cnccn2)c(F)c1. The third kappa shape index (κ3) is 7.42. The van der Waals surface area contributed by atoms with Gasteiger partial charge in [-0.25, -0.2) is 23.6 Å². The number of nitrogens with zero attached hydrogens (tertiary/aromatic N) is 6. The Hall–Kier alpha value is -5.18. The second-order valence-electron chi connectivity index (χ2n) is 7.07. The molecule has 0 aliphatic carbocycles. The lowest BCUT2D eigenvalue weighted by Gasteiger charge is -2.07. The molecule has 0 bridgehead atoms. The van der Waals surface area contributed by atoms with E-state index in [1.54, 1.807) is 61.4 Å². The molecule has 0 saturated heterocycles. The number of hydrogen-bond acceptors (Lipinski definition) is 8. The van der Waals surface area contributed by atoms with Crippen molar-refractivity contribution >= 4 is 23.2 Å². The Morgan fingerprint density at radius 1 is 0.889 bits per heavy atom. The van der Waals surface area contributed by atoms with E-state index in [1.807, 2.05) is 0 Å². The van der Waals surface area contributed by atoms with Gasteiger partial charge < -0.3 is 21.6 Å². The number of aromatic nitrogens is 4. The zero-order valence-corrected chi connectivity index (χ0v) is 18.8. The Balaban J connectivity index is 0.000000202. The number of nitrogens with two attached hydrogens (primary N) is 1. The van der Waals surface area contributed by atoms with E-state index in [-0.39, 0.29) is 12.4 Å². The zero-order chi connectivity index (χ0) is 25.8. The maximum absolute atomic E-state index is 13.8. The Bertz CT molecular complexity index is 1350. The molecule has 36 heavy (non-hydrogen) atoms. The first-order chi connectivity index (χ1) is 17.5. The molecule has 2 heterocycles. The van der Waals surface area contributed by atoms with Crippen LogP contribution in [0.15, 0.2) is 78.7 Å². The van der Waals surface area contributed by atoms with Gasteiger partial charge in [-0.3, -0.25) is 9.97 Å². The van der Waals surface area contributed by atoms with Crippen LogP contribution in [0, 0.1) is 18.2 Å². The highest BCUT2D eigenvalue weighted by atomic mass is 19.1. The summed E-state index contributed by atoms with van der Waals surface area (Å²) < 4.78 is 27.3. The summed E-state index contributed by atoms with van der Waals surface area (Å²) in [5, 5.41) is 17.2. The first-order valence-electron chi connectivity index (χ1n) is 10.4. The van der Waals surface area contributed by atoms with Crippen molar-refractivity contribution in [2.24, 2.45) is 10.9 Å². The van der Waals surface area contributed by atoms with Crippen molar-refractivity contribution in [1.82, 2.24) is 19.9 Å². The average Bonchev–Trinajstić information content (AvgIpc) is 2.92. The van der Waals surface area contributed by atoms with E-state index >= 15 is 0 Å². The lowest BCUT2D eigenvalue weighted by atomic mass is 10.1. The molecule has 4 aromatic rings. The van der Waals surface area contributed by atoms with Gasteiger partial charge in [-0.05, 0) is 12.1 Å². The van der Waals surface area contributed by atoms with E-state index in [9.17, 15) is 8.78 Å². The average molecular weight is 489 g/mol. The minimum atomic E-state index is -0.444. The van der Waals surface area contributed by atoms with Gasteiger partial charge in [-0.15, -0.1) is 0 Å². The Labute approximate surface area is 205 Å². The van der Waals surface area contributed by atoms with Gasteiger partial charge in [0, 0.05) is 54.6 Å². The number of hydrogen-bond donors (Lipinski definition) is 4. The van der Waals surface area contributed by atoms with E-state index < -0.39 is 11.6 Å². The molecule has 0 radical (unpaired) electrons. The summed E-state index contributed by atoms with van der Waals surface area (Å²) in [6.45, 7) is 7.34. The number of amidine groups is 1. The van der Waals surface area contributed by atoms with Gasteiger partial charge in [0.25, 0.3) is 0 Å². The fourth-order valence-corrected chi connectivity index (χ4v) is 2.81. The second-order valence-corrected chi connectivity index (χ2v) is 7.07. The molecule has 4 rings (SSSR count). The zero-order valence-electron chi connectivity index (χ0n) is 18.8. The second kappa shape index (κ2) is 12.9. The normalized spacial score (nSPS) is 10.5. The van der Waals surface area contributed by atoms with Crippen LogP contribution in [0.1, 0.15) is 16.7 Å². The summed E-state index contributed by atoms with van der Waals surface area (Å²) in [5.74, 6) is 0.172. The Morgan fingerprint density at radius 2 is 1.44 bits per heavy atom. The Kier molecular flexibility index (Phi) is 9.12. The van der Waals surface area contributed by atoms with Crippen LogP contribution in [-0.4, -0.2) is 31.0 Å². The van der Waals surface area contributed by atoms with Gasteiger partial charge in [0.15, 0.2) is 11.5 Å². The summed E-state index contributed by atoms with van der Waals surface area (Å²) in [4.78, 5) is 19.0. The largest absolute Gasteiger partial charge is 0.409 e. The summed E-state index contributed by atoms with van der Waals surface area (Å²) in [6, 6.07) is 8.75. The van der Waals surface area contributed by atoms with Gasteiger partial charge in [0.2, 0.25) is 0 Å². The molecule has 2 aromatic carbocycles. The lowest BCUT2D eigenvalue weighted by molar-refractivity contribution is 0.318. The molecule has 10 nitrogen and oxygen atoms in total. The highest BCUT2D eigenvalue weighted by molar-refractivity contribution is 5.97. The molecule has 0 amide bonds. The highest BCUT2D eigenvalue weighted by Gasteiger charge is 2.07. The van der Waals surface area contributed by atoms with E-state index in [2.05, 4.69) is 40.6 Å². The van der Waals surface area contributed by atoms with E-state index in [0.29, 0.717) is 40.6 Å². The van der Waals surface area contributed by atoms with Crippen molar-refractivity contribution in [2.45, 2.75) is 13.1 Å². The van der Waals surface area contributed by atoms with Crippen molar-refractivity contribution in [3.8, 4) is 0 Å². The molecule has 2 aromatic heterocycles. The maximum atomic E-state index is 13.8. The molecule has 0 unspecified atom stereocenters. The van der Waals surface area contributed by atoms with Crippen LogP contribution in [0.4, 0.5) is 26.1 Å². The van der Waals surface area contributed by atoms with E-state index in [0.717, 1.165) is 0 Å². The predicted octanol–water partition coefficient (Wildman–Crippen LogP) is 4.10. The van der Waals surface area contributed by atoms with Crippen LogP contribution < -0.4 is 16.4 Å². The first-order valence-corrected chi connectivity index (χ1v) is 10.4. The van der Waals surface area contributed by atoms with Gasteiger partial charge in [-0.1, -0.05) is 29.4 Å². The number of nitrogens with one attached hydrogen (secondary N) is 2. The first kappa shape index (κ1) is 25.4. The van der Waals surface area contributed by atoms with Crippen LogP contribution in [0.3, 0.4) is 0 Å². The third-order valence-electron chi connectivity index (χ3n) is 4.67. The molecular formula is C24H21F2N9O. The molecule has 12 heteroatoms. The van der Waals surface area contributed by atoms with Crippen molar-refractivity contribution in [3.63, 3.8) is 0 Å². The minimum Gasteiger partial charge on any atom is -0.409 e. The molecule has 0 fully saturated rings. The summed E-state index contributed by atoms with van der Waals surface area (Å²) in [7, 11) is 0. The predicted molar refractivity (Wildman–Crippen MR) is 130 cm³/mol. The van der Waals surface area contributed by atoms with E-state index in [1.165, 1.54) is 12.1 Å². The topological polar surface area (TPSA) is 139 Å². The number of oxime groups is 1. The van der Waals surface area contributed by atoms with Gasteiger partial charge >= 0.3 is 0 Å². The molecule has 5 N–H and O–H groups in total. The molecule has 182 valence electrons. The van der Waals surface area contributed by atoms with Crippen molar-refractivity contribution in [1.29, 1.82) is 0 Å². The summed E-state index contributed by atoms with van der Waals surface area (Å²) >= 11 is 0. The van der Waals surface area contributed by atoms with Crippen LogP contribution in [0.5, 0.6) is 0 Å². The van der Waals surface area contributed by atoms with Crippen molar-refractivity contribution in [2.75, 3.05) is 10.6 Å². The number of halogens is 2. The van der Waals surface area contributed by atoms with Crippen LogP contribution in [0.2, 0.25) is 0 Å². The summed E-state index contributed by atoms with van der Waals surface area (Å²) in [6.07, 6.45) is 9.32. The smallest absolute Gasteiger partial charge is 0.190 e. The minimum absolute atomic E-state index is 0.132. The van der Waals surface area contributed by atoms with Gasteiger partial charge in [-0.2, -0.15) is 0 Å². The molecular weight excluding hydrogens is 468 g/mol. The van der Waals surface area contributed by atoms with Crippen molar-refractivity contribution in [3.05, 3.63) is 113 Å². The van der Waals surface area contributed by atoms with Crippen LogP contribution >= 0.6 is 0 Å². The maximum Gasteiger partial charge on any atom is 0.190 e. The van der Waals surface area contributed by atoms with Crippen LogP contribution in [-0.2, 0) is 13.1 Å². The molecule has 0 spiro atoms. The van der Waals surface area contributed by atoms with Gasteiger partial charge in [0.05, 0.1) is 19.0 Å². The van der Waals surface area contributed by atoms with Crippen molar-refractivity contribution < 1.29 is 14.0 Å². The monoisotopic (exact) mass is 489 g/mol. The fraction of sp³-hybridized carbons (Fsp3) is 0.0833. The third-order valence-corrected chi connectivity index (χ3v) is 4.67. The molecule has 0 aliphatic heterocycles. The fourth-order valence-electron chi connectivity index (χ4n) is 2.81.